The van der Waals surface area contributed by atoms with E-state index in [1.54, 1.807) is 25.1 Å². The van der Waals surface area contributed by atoms with Gasteiger partial charge in [0, 0.05) is 10.6 Å². The first kappa shape index (κ1) is 14.5. The van der Waals surface area contributed by atoms with Crippen molar-refractivity contribution in [3.05, 3.63) is 34.9 Å². The largest absolute Gasteiger partial charge is 0.334 e. The van der Waals surface area contributed by atoms with Crippen LogP contribution in [0.15, 0.2) is 24.3 Å². The van der Waals surface area contributed by atoms with E-state index < -0.39 is 6.04 Å². The zero-order valence-corrected chi connectivity index (χ0v) is 10.6. The summed E-state index contributed by atoms with van der Waals surface area (Å²) in [7, 11) is 0. The van der Waals surface area contributed by atoms with E-state index in [4.69, 9.17) is 21.8 Å². The zero-order chi connectivity index (χ0) is 13.4. The molecule has 0 bridgehead atoms. The van der Waals surface area contributed by atoms with Gasteiger partial charge in [-0.3, -0.25) is 4.79 Å². The van der Waals surface area contributed by atoms with Gasteiger partial charge in [-0.2, -0.15) is 5.26 Å². The molecule has 0 aromatic heterocycles. The number of nitriles is 1. The van der Waals surface area contributed by atoms with E-state index in [-0.39, 0.29) is 12.5 Å². The number of nitrogens with zero attached hydrogens (tertiary/aromatic N) is 1. The van der Waals surface area contributed by atoms with E-state index in [1.165, 1.54) is 6.07 Å². The number of hydrogen-bond donors (Lipinski definition) is 1. The van der Waals surface area contributed by atoms with Crippen molar-refractivity contribution in [1.82, 2.24) is 5.32 Å². The third kappa shape index (κ3) is 4.72. The van der Waals surface area contributed by atoms with Gasteiger partial charge in [-0.05, 0) is 25.1 Å². The summed E-state index contributed by atoms with van der Waals surface area (Å²) in [5.41, 5.74) is 0.388. The van der Waals surface area contributed by atoms with Crippen LogP contribution in [0.5, 0.6) is 0 Å². The molecular weight excluding hydrogens is 256 g/mol. The predicted octanol–water partition coefficient (Wildman–Crippen LogP) is 1.93. The zero-order valence-electron chi connectivity index (χ0n) is 9.85. The smallest absolute Gasteiger partial charge is 0.252 e. The molecule has 1 atom stereocenters. The van der Waals surface area contributed by atoms with Gasteiger partial charge in [-0.25, -0.2) is 9.78 Å². The Hall–Kier alpha value is -1.61. The third-order valence-electron chi connectivity index (χ3n) is 1.98. The number of nitrogens with one attached hydrogen (secondary N) is 1. The van der Waals surface area contributed by atoms with E-state index in [9.17, 15) is 4.79 Å². The Bertz CT molecular complexity index is 445. The summed E-state index contributed by atoms with van der Waals surface area (Å²) in [6.07, 6.45) is 0. The summed E-state index contributed by atoms with van der Waals surface area (Å²) in [6.45, 7) is 2.10. The van der Waals surface area contributed by atoms with Crippen molar-refractivity contribution in [3.8, 4) is 6.07 Å². The molecule has 1 aromatic rings. The van der Waals surface area contributed by atoms with Crippen LogP contribution in [0.25, 0.3) is 0 Å². The van der Waals surface area contributed by atoms with Crippen LogP contribution >= 0.6 is 11.6 Å². The number of amides is 1. The summed E-state index contributed by atoms with van der Waals surface area (Å²) >= 11 is 5.77. The fourth-order valence-electron chi connectivity index (χ4n) is 1.18. The molecule has 0 fully saturated rings. The molecule has 5 nitrogen and oxygen atoms in total. The topological polar surface area (TPSA) is 71.3 Å². The van der Waals surface area contributed by atoms with Gasteiger partial charge in [0.1, 0.15) is 12.6 Å². The first-order valence-electron chi connectivity index (χ1n) is 5.37. The van der Waals surface area contributed by atoms with Gasteiger partial charge in [0.25, 0.3) is 5.91 Å². The highest BCUT2D eigenvalue weighted by Crippen LogP contribution is 2.10. The average Bonchev–Trinajstić information content (AvgIpc) is 2.37. The van der Waals surface area contributed by atoms with Gasteiger partial charge in [-0.1, -0.05) is 17.7 Å². The monoisotopic (exact) mass is 268 g/mol. The van der Waals surface area contributed by atoms with Gasteiger partial charge < -0.3 is 5.32 Å². The van der Waals surface area contributed by atoms with Crippen LogP contribution in [0.3, 0.4) is 0 Å². The van der Waals surface area contributed by atoms with Gasteiger partial charge in [0.05, 0.1) is 12.7 Å². The Labute approximate surface area is 110 Å². The van der Waals surface area contributed by atoms with Gasteiger partial charge in [-0.15, -0.1) is 0 Å². The van der Waals surface area contributed by atoms with Crippen molar-refractivity contribution in [2.45, 2.75) is 13.0 Å². The van der Waals surface area contributed by atoms with Crippen LogP contribution in [0, 0.1) is 11.3 Å². The van der Waals surface area contributed by atoms with E-state index in [2.05, 4.69) is 10.2 Å². The Morgan fingerprint density at radius 2 is 2.33 bits per heavy atom. The molecule has 0 radical (unpaired) electrons. The highest BCUT2D eigenvalue weighted by Gasteiger charge is 2.13. The summed E-state index contributed by atoms with van der Waals surface area (Å²) in [5, 5.41) is 11.8. The molecule has 0 spiro atoms. The molecule has 1 N–H and O–H groups in total. The lowest BCUT2D eigenvalue weighted by Gasteiger charge is -2.11. The second-order valence-electron chi connectivity index (χ2n) is 3.36. The number of halogens is 1. The van der Waals surface area contributed by atoms with Crippen molar-refractivity contribution in [3.63, 3.8) is 0 Å². The molecule has 1 amide bonds. The Kier molecular flexibility index (Phi) is 6.15. The molecule has 18 heavy (non-hydrogen) atoms. The van der Waals surface area contributed by atoms with Crippen LogP contribution in [0.4, 0.5) is 0 Å². The number of rotatable bonds is 6. The first-order valence-corrected chi connectivity index (χ1v) is 5.75. The van der Waals surface area contributed by atoms with E-state index in [1.807, 2.05) is 6.07 Å². The Morgan fingerprint density at radius 1 is 1.56 bits per heavy atom. The number of hydrogen-bond acceptors (Lipinski definition) is 4. The molecule has 96 valence electrons. The molecule has 0 aliphatic rings. The van der Waals surface area contributed by atoms with Crippen LogP contribution in [-0.4, -0.2) is 25.2 Å². The third-order valence-corrected chi connectivity index (χ3v) is 2.22. The van der Waals surface area contributed by atoms with E-state index in [0.717, 1.165) is 0 Å². The second-order valence-corrected chi connectivity index (χ2v) is 3.79. The standard InChI is InChI=1S/C12H13ClN2O3/c1-2-17-18-8-11(7-14)15-12(16)9-4-3-5-10(13)6-9/h3-6,11H,2,8H2,1H3,(H,15,16). The second kappa shape index (κ2) is 7.67. The van der Waals surface area contributed by atoms with Crippen LogP contribution in [-0.2, 0) is 9.78 Å². The van der Waals surface area contributed by atoms with Crippen LogP contribution in [0.1, 0.15) is 17.3 Å². The summed E-state index contributed by atoms with van der Waals surface area (Å²) < 4.78 is 0. The molecule has 0 saturated carbocycles. The molecule has 6 heteroatoms. The molecule has 0 aliphatic carbocycles. The number of benzene rings is 1. The van der Waals surface area contributed by atoms with E-state index in [0.29, 0.717) is 17.2 Å². The minimum atomic E-state index is -0.775. The van der Waals surface area contributed by atoms with Crippen molar-refractivity contribution < 1.29 is 14.6 Å². The normalized spacial score (nSPS) is 11.6. The summed E-state index contributed by atoms with van der Waals surface area (Å²) in [6, 6.07) is 7.59. The van der Waals surface area contributed by atoms with E-state index >= 15 is 0 Å². The highest BCUT2D eigenvalue weighted by atomic mass is 35.5. The van der Waals surface area contributed by atoms with Crippen molar-refractivity contribution >= 4 is 17.5 Å². The lowest BCUT2D eigenvalue weighted by Crippen LogP contribution is -2.37. The SMILES string of the molecule is CCOOCC(C#N)NC(=O)c1cccc(Cl)c1. The summed E-state index contributed by atoms with van der Waals surface area (Å²) in [4.78, 5) is 21.2. The quantitative estimate of drug-likeness (QED) is 0.486. The fraction of sp³-hybridized carbons (Fsp3) is 0.333. The average molecular weight is 269 g/mol. The first-order chi connectivity index (χ1) is 8.67. The van der Waals surface area contributed by atoms with Crippen molar-refractivity contribution in [1.29, 1.82) is 5.26 Å². The van der Waals surface area contributed by atoms with Crippen LogP contribution in [0.2, 0.25) is 5.02 Å². The molecular formula is C12H13ClN2O3. The maximum atomic E-state index is 11.8. The Balaban J connectivity index is 2.54. The van der Waals surface area contributed by atoms with Gasteiger partial charge in [0.2, 0.25) is 0 Å². The maximum absolute atomic E-state index is 11.8. The lowest BCUT2D eigenvalue weighted by molar-refractivity contribution is -0.292. The summed E-state index contributed by atoms with van der Waals surface area (Å²) in [5.74, 6) is -0.385. The maximum Gasteiger partial charge on any atom is 0.252 e. The molecule has 1 aromatic carbocycles. The minimum Gasteiger partial charge on any atom is -0.334 e. The van der Waals surface area contributed by atoms with Crippen molar-refractivity contribution in [2.24, 2.45) is 0 Å². The molecule has 1 rings (SSSR count). The molecule has 0 aliphatic heterocycles. The fourth-order valence-corrected chi connectivity index (χ4v) is 1.37. The highest BCUT2D eigenvalue weighted by molar-refractivity contribution is 6.30. The van der Waals surface area contributed by atoms with Gasteiger partial charge >= 0.3 is 0 Å². The number of carbonyl (C=O) groups is 1. The lowest BCUT2D eigenvalue weighted by atomic mass is 10.2. The number of carbonyl (C=O) groups excluding carboxylic acids is 1. The molecule has 0 heterocycles. The van der Waals surface area contributed by atoms with Gasteiger partial charge in [0.15, 0.2) is 0 Å². The van der Waals surface area contributed by atoms with Crippen LogP contribution < -0.4 is 5.32 Å². The minimum absolute atomic E-state index is 0.0311. The Morgan fingerprint density at radius 3 is 2.94 bits per heavy atom. The predicted molar refractivity (Wildman–Crippen MR) is 65.9 cm³/mol. The molecule has 1 unspecified atom stereocenters. The van der Waals surface area contributed by atoms with Crippen molar-refractivity contribution in [2.75, 3.05) is 13.2 Å². The molecule has 0 saturated heterocycles.